The summed E-state index contributed by atoms with van der Waals surface area (Å²) < 4.78 is 45.1. The second kappa shape index (κ2) is 6.63. The van der Waals surface area contributed by atoms with E-state index in [-0.39, 0.29) is 5.75 Å². The lowest BCUT2D eigenvalue weighted by Gasteiger charge is -2.19. The van der Waals surface area contributed by atoms with Crippen molar-refractivity contribution in [3.8, 4) is 5.75 Å². The van der Waals surface area contributed by atoms with Crippen molar-refractivity contribution >= 4 is 0 Å². The number of methoxy groups -OCH3 is 1. The van der Waals surface area contributed by atoms with Gasteiger partial charge in [-0.1, -0.05) is 19.1 Å². The van der Waals surface area contributed by atoms with Gasteiger partial charge in [-0.3, -0.25) is 0 Å². The maximum absolute atomic E-state index is 13.8. The zero-order valence-electron chi connectivity index (χ0n) is 11.8. The van der Waals surface area contributed by atoms with Crippen LogP contribution in [0.5, 0.6) is 5.75 Å². The molecule has 1 N–H and O–H groups in total. The van der Waals surface area contributed by atoms with Gasteiger partial charge in [-0.05, 0) is 41.9 Å². The van der Waals surface area contributed by atoms with Crippen LogP contribution in [0, 0.1) is 17.5 Å². The van der Waals surface area contributed by atoms with Gasteiger partial charge in [-0.25, -0.2) is 13.2 Å². The molecule has 0 saturated carbocycles. The summed E-state index contributed by atoms with van der Waals surface area (Å²) in [4.78, 5) is 0. The number of ether oxygens (including phenoxy) is 1. The Morgan fingerprint density at radius 1 is 0.952 bits per heavy atom. The lowest BCUT2D eigenvalue weighted by Crippen LogP contribution is -2.22. The molecule has 0 amide bonds. The predicted octanol–water partition coefficient (Wildman–Crippen LogP) is 3.81. The van der Waals surface area contributed by atoms with E-state index >= 15 is 0 Å². The highest BCUT2D eigenvalue weighted by molar-refractivity contribution is 5.36. The molecule has 5 heteroatoms. The Kier molecular flexibility index (Phi) is 4.85. The molecule has 21 heavy (non-hydrogen) atoms. The number of nitrogens with one attached hydrogen (secondary N) is 1. The molecule has 2 rings (SSSR count). The van der Waals surface area contributed by atoms with E-state index in [9.17, 15) is 13.2 Å². The molecule has 112 valence electrons. The van der Waals surface area contributed by atoms with Gasteiger partial charge in [0.25, 0.3) is 0 Å². The third-order valence-corrected chi connectivity index (χ3v) is 3.19. The fraction of sp³-hybridized carbons (Fsp3) is 0.250. The highest BCUT2D eigenvalue weighted by Gasteiger charge is 2.17. The molecular formula is C16H16F3NO. The van der Waals surface area contributed by atoms with Crippen molar-refractivity contribution in [1.29, 1.82) is 0 Å². The summed E-state index contributed by atoms with van der Waals surface area (Å²) >= 11 is 0. The van der Waals surface area contributed by atoms with Gasteiger partial charge in [-0.15, -0.1) is 0 Å². The van der Waals surface area contributed by atoms with Crippen LogP contribution in [0.1, 0.15) is 24.1 Å². The van der Waals surface area contributed by atoms with E-state index in [1.165, 1.54) is 25.3 Å². The molecule has 0 bridgehead atoms. The van der Waals surface area contributed by atoms with E-state index in [0.29, 0.717) is 17.7 Å². The van der Waals surface area contributed by atoms with Crippen molar-refractivity contribution in [1.82, 2.24) is 5.32 Å². The summed E-state index contributed by atoms with van der Waals surface area (Å²) in [7, 11) is 1.38. The first kappa shape index (κ1) is 15.4. The number of benzene rings is 2. The van der Waals surface area contributed by atoms with E-state index in [2.05, 4.69) is 5.32 Å². The van der Waals surface area contributed by atoms with Gasteiger partial charge in [0.15, 0.2) is 23.2 Å². The molecule has 0 aliphatic carbocycles. The largest absolute Gasteiger partial charge is 0.494 e. The average molecular weight is 295 g/mol. The molecule has 0 fully saturated rings. The lowest BCUT2D eigenvalue weighted by molar-refractivity contribution is 0.385. The summed E-state index contributed by atoms with van der Waals surface area (Å²) in [5.74, 6) is -2.20. The number of hydrogen-bond acceptors (Lipinski definition) is 2. The molecule has 0 spiro atoms. The number of hydrogen-bond donors (Lipinski definition) is 1. The van der Waals surface area contributed by atoms with Crippen LogP contribution in [0.2, 0.25) is 0 Å². The summed E-state index contributed by atoms with van der Waals surface area (Å²) in [6, 6.07) is 7.76. The maximum Gasteiger partial charge on any atom is 0.165 e. The summed E-state index contributed by atoms with van der Waals surface area (Å²) in [6.45, 7) is 2.48. The fourth-order valence-corrected chi connectivity index (χ4v) is 2.19. The predicted molar refractivity (Wildman–Crippen MR) is 74.8 cm³/mol. The first-order valence-corrected chi connectivity index (χ1v) is 6.58. The second-order valence-corrected chi connectivity index (χ2v) is 4.56. The third kappa shape index (κ3) is 3.36. The van der Waals surface area contributed by atoms with Gasteiger partial charge in [0.1, 0.15) is 0 Å². The van der Waals surface area contributed by atoms with Crippen molar-refractivity contribution < 1.29 is 17.9 Å². The van der Waals surface area contributed by atoms with E-state index in [1.54, 1.807) is 6.07 Å². The minimum Gasteiger partial charge on any atom is -0.494 e. The van der Waals surface area contributed by atoms with Crippen LogP contribution in [-0.4, -0.2) is 13.7 Å². The third-order valence-electron chi connectivity index (χ3n) is 3.19. The maximum atomic E-state index is 13.8. The highest BCUT2D eigenvalue weighted by Crippen LogP contribution is 2.27. The fourth-order valence-electron chi connectivity index (χ4n) is 2.19. The summed E-state index contributed by atoms with van der Waals surface area (Å²) in [6.07, 6.45) is 0. The van der Waals surface area contributed by atoms with Crippen molar-refractivity contribution in [2.75, 3.05) is 13.7 Å². The van der Waals surface area contributed by atoms with Crippen LogP contribution in [0.15, 0.2) is 36.4 Å². The van der Waals surface area contributed by atoms with E-state index in [1.807, 2.05) is 6.92 Å². The number of halogens is 3. The molecule has 0 aromatic heterocycles. The van der Waals surface area contributed by atoms with Crippen LogP contribution < -0.4 is 10.1 Å². The molecule has 2 nitrogen and oxygen atoms in total. The Morgan fingerprint density at radius 2 is 1.57 bits per heavy atom. The van der Waals surface area contributed by atoms with Crippen LogP contribution in [-0.2, 0) is 0 Å². The van der Waals surface area contributed by atoms with Crippen LogP contribution >= 0.6 is 0 Å². The molecule has 0 saturated heterocycles. The zero-order valence-corrected chi connectivity index (χ0v) is 11.8. The molecule has 1 atom stereocenters. The molecule has 2 aromatic carbocycles. The molecule has 1 unspecified atom stereocenters. The molecule has 0 radical (unpaired) electrons. The Balaban J connectivity index is 2.42. The first-order chi connectivity index (χ1) is 10.1. The van der Waals surface area contributed by atoms with Crippen molar-refractivity contribution in [3.63, 3.8) is 0 Å². The molecular weight excluding hydrogens is 279 g/mol. The molecule has 0 aliphatic rings. The van der Waals surface area contributed by atoms with Gasteiger partial charge in [-0.2, -0.15) is 0 Å². The van der Waals surface area contributed by atoms with E-state index in [0.717, 1.165) is 12.1 Å². The van der Waals surface area contributed by atoms with Gasteiger partial charge in [0.2, 0.25) is 0 Å². The number of rotatable bonds is 5. The average Bonchev–Trinajstić information content (AvgIpc) is 2.48. The van der Waals surface area contributed by atoms with Crippen LogP contribution in [0.25, 0.3) is 0 Å². The van der Waals surface area contributed by atoms with E-state index in [4.69, 9.17) is 4.74 Å². The first-order valence-electron chi connectivity index (χ1n) is 6.58. The van der Waals surface area contributed by atoms with Gasteiger partial charge < -0.3 is 10.1 Å². The standard InChI is InChI=1S/C16H16F3NO/c1-3-20-16(10-4-6-12(17)13(18)8-10)11-5-7-15(21-2)14(19)9-11/h4-9,16,20H,3H2,1-2H3. The SMILES string of the molecule is CCNC(c1ccc(F)c(F)c1)c1ccc(OC)c(F)c1. The van der Waals surface area contributed by atoms with Crippen LogP contribution in [0.4, 0.5) is 13.2 Å². The molecule has 0 heterocycles. The minimum absolute atomic E-state index is 0.138. The van der Waals surface area contributed by atoms with Crippen LogP contribution in [0.3, 0.4) is 0 Å². The van der Waals surface area contributed by atoms with Crippen molar-refractivity contribution in [2.24, 2.45) is 0 Å². The summed E-state index contributed by atoms with van der Waals surface area (Å²) in [5.41, 5.74) is 1.14. The Hall–Kier alpha value is -2.01. The smallest absolute Gasteiger partial charge is 0.165 e. The second-order valence-electron chi connectivity index (χ2n) is 4.56. The quantitative estimate of drug-likeness (QED) is 0.905. The zero-order chi connectivity index (χ0) is 15.4. The monoisotopic (exact) mass is 295 g/mol. The minimum atomic E-state index is -0.926. The lowest BCUT2D eigenvalue weighted by atomic mass is 9.98. The summed E-state index contributed by atoms with van der Waals surface area (Å²) in [5, 5.41) is 3.13. The Labute approximate surface area is 121 Å². The van der Waals surface area contributed by atoms with Gasteiger partial charge >= 0.3 is 0 Å². The van der Waals surface area contributed by atoms with Gasteiger partial charge in [0.05, 0.1) is 13.2 Å². The molecule has 2 aromatic rings. The Morgan fingerprint density at radius 3 is 2.10 bits per heavy atom. The molecule has 0 aliphatic heterocycles. The van der Waals surface area contributed by atoms with Crippen molar-refractivity contribution in [3.05, 3.63) is 65.0 Å². The normalized spacial score (nSPS) is 12.2. The highest BCUT2D eigenvalue weighted by atomic mass is 19.2. The van der Waals surface area contributed by atoms with Gasteiger partial charge in [0, 0.05) is 0 Å². The van der Waals surface area contributed by atoms with Crippen molar-refractivity contribution in [2.45, 2.75) is 13.0 Å². The van der Waals surface area contributed by atoms with E-state index < -0.39 is 23.5 Å². The Bertz CT molecular complexity index is 631. The topological polar surface area (TPSA) is 21.3 Å².